The average molecular weight is 293 g/mol. The fourth-order valence-corrected chi connectivity index (χ4v) is 2.01. The van der Waals surface area contributed by atoms with Crippen molar-refractivity contribution in [3.8, 4) is 0 Å². The lowest BCUT2D eigenvalue weighted by Crippen LogP contribution is -2.20. The van der Waals surface area contributed by atoms with Crippen LogP contribution in [0.3, 0.4) is 0 Å². The third-order valence-electron chi connectivity index (χ3n) is 1.56. The van der Waals surface area contributed by atoms with Gasteiger partial charge in [-0.15, -0.1) is 0 Å². The Morgan fingerprint density at radius 2 is 1.88 bits per heavy atom. The molecule has 1 aromatic carbocycles. The zero-order chi connectivity index (χ0) is 13.3. The summed E-state index contributed by atoms with van der Waals surface area (Å²) in [5, 5.41) is -0.526. The molecule has 0 bridgehead atoms. The minimum absolute atomic E-state index is 0.526. The highest BCUT2D eigenvalue weighted by Crippen LogP contribution is 2.23. The van der Waals surface area contributed by atoms with Gasteiger partial charge in [0.2, 0.25) is 0 Å². The number of rotatable bonds is 3. The van der Waals surface area contributed by atoms with E-state index in [9.17, 15) is 26.0 Å². The highest BCUT2D eigenvalue weighted by atomic mass is 35.5. The van der Waals surface area contributed by atoms with Gasteiger partial charge >= 0.3 is 6.18 Å². The Hall–Kier alpha value is -0.860. The third-order valence-corrected chi connectivity index (χ3v) is 3.11. The molecule has 0 N–H and O–H groups in total. The summed E-state index contributed by atoms with van der Waals surface area (Å²) in [5.74, 6) is -0.888. The van der Waals surface area contributed by atoms with E-state index in [1.54, 1.807) is 0 Å². The SMILES string of the molecule is O=S(=O)(OCC(F)(F)F)c1ccc(F)c(Cl)c1. The summed E-state index contributed by atoms with van der Waals surface area (Å²) in [6, 6.07) is 2.14. The van der Waals surface area contributed by atoms with Gasteiger partial charge in [0.25, 0.3) is 10.1 Å². The molecule has 0 atom stereocenters. The molecule has 0 unspecified atom stereocenters. The molecule has 0 saturated carbocycles. The van der Waals surface area contributed by atoms with Crippen molar-refractivity contribution in [1.29, 1.82) is 0 Å². The smallest absolute Gasteiger partial charge is 0.257 e. The zero-order valence-electron chi connectivity index (χ0n) is 7.96. The summed E-state index contributed by atoms with van der Waals surface area (Å²) in [6.07, 6.45) is -4.78. The topological polar surface area (TPSA) is 43.4 Å². The average Bonchev–Trinajstić information content (AvgIpc) is 2.18. The van der Waals surface area contributed by atoms with Crippen LogP contribution in [0.4, 0.5) is 17.6 Å². The second-order valence-corrected chi connectivity index (χ2v) is 4.93. The Balaban J connectivity index is 2.94. The first-order valence-corrected chi connectivity index (χ1v) is 5.82. The lowest BCUT2D eigenvalue weighted by molar-refractivity contribution is -0.152. The quantitative estimate of drug-likeness (QED) is 0.635. The molecule has 0 amide bonds. The first-order valence-electron chi connectivity index (χ1n) is 4.03. The van der Waals surface area contributed by atoms with Crippen molar-refractivity contribution in [1.82, 2.24) is 0 Å². The van der Waals surface area contributed by atoms with Gasteiger partial charge in [-0.2, -0.15) is 21.6 Å². The van der Waals surface area contributed by atoms with E-state index in [1.165, 1.54) is 0 Å². The molecule has 0 saturated heterocycles. The Labute approximate surface area is 99.1 Å². The van der Waals surface area contributed by atoms with Gasteiger partial charge in [0.1, 0.15) is 5.82 Å². The molecule has 17 heavy (non-hydrogen) atoms. The van der Waals surface area contributed by atoms with Gasteiger partial charge in [-0.05, 0) is 18.2 Å². The summed E-state index contributed by atoms with van der Waals surface area (Å²) in [6.45, 7) is -1.95. The Kier molecular flexibility index (Phi) is 4.00. The molecule has 0 fully saturated rings. The fourth-order valence-electron chi connectivity index (χ4n) is 0.845. The van der Waals surface area contributed by atoms with E-state index in [0.717, 1.165) is 6.07 Å². The molecule has 0 aliphatic rings. The molecule has 0 heterocycles. The van der Waals surface area contributed by atoms with Crippen LogP contribution in [-0.4, -0.2) is 21.2 Å². The van der Waals surface area contributed by atoms with Gasteiger partial charge < -0.3 is 0 Å². The maximum Gasteiger partial charge on any atom is 0.413 e. The standard InChI is InChI=1S/C8H5ClF4O3S/c9-6-3-5(1-2-7(6)10)17(14,15)16-4-8(11,12)13/h1-3H,4H2. The van der Waals surface area contributed by atoms with Crippen molar-refractivity contribution in [3.05, 3.63) is 29.0 Å². The largest absolute Gasteiger partial charge is 0.413 e. The lowest BCUT2D eigenvalue weighted by atomic mass is 10.3. The van der Waals surface area contributed by atoms with Gasteiger partial charge in [0.15, 0.2) is 6.61 Å². The highest BCUT2D eigenvalue weighted by molar-refractivity contribution is 7.86. The van der Waals surface area contributed by atoms with E-state index in [2.05, 4.69) is 4.18 Å². The monoisotopic (exact) mass is 292 g/mol. The summed E-state index contributed by atoms with van der Waals surface area (Å²) < 4.78 is 74.2. The van der Waals surface area contributed by atoms with E-state index in [0.29, 0.717) is 12.1 Å². The second-order valence-electron chi connectivity index (χ2n) is 2.91. The van der Waals surface area contributed by atoms with Crippen LogP contribution in [0, 0.1) is 5.82 Å². The van der Waals surface area contributed by atoms with Crippen molar-refractivity contribution in [3.63, 3.8) is 0 Å². The number of halogens is 5. The first-order chi connectivity index (χ1) is 7.62. The van der Waals surface area contributed by atoms with E-state index in [4.69, 9.17) is 11.6 Å². The van der Waals surface area contributed by atoms with Crippen molar-refractivity contribution >= 4 is 21.7 Å². The molecule has 0 spiro atoms. The van der Waals surface area contributed by atoms with Crippen molar-refractivity contribution in [2.45, 2.75) is 11.1 Å². The molecular formula is C8H5ClF4O3S. The van der Waals surface area contributed by atoms with Crippen LogP contribution in [-0.2, 0) is 14.3 Å². The number of benzene rings is 1. The van der Waals surface area contributed by atoms with Crippen molar-refractivity contribution in [2.75, 3.05) is 6.61 Å². The zero-order valence-corrected chi connectivity index (χ0v) is 9.53. The van der Waals surface area contributed by atoms with Crippen LogP contribution in [0.1, 0.15) is 0 Å². The number of alkyl halides is 3. The van der Waals surface area contributed by atoms with Crippen LogP contribution < -0.4 is 0 Å². The van der Waals surface area contributed by atoms with Crippen LogP contribution in [0.25, 0.3) is 0 Å². The normalized spacial score (nSPS) is 12.8. The predicted molar refractivity (Wildman–Crippen MR) is 50.6 cm³/mol. The summed E-state index contributed by atoms with van der Waals surface area (Å²) in [4.78, 5) is -0.645. The predicted octanol–water partition coefficient (Wildman–Crippen LogP) is 2.75. The van der Waals surface area contributed by atoms with Gasteiger partial charge in [-0.1, -0.05) is 11.6 Å². The maximum atomic E-state index is 12.7. The van der Waals surface area contributed by atoms with Crippen molar-refractivity contribution in [2.24, 2.45) is 0 Å². The molecule has 1 rings (SSSR count). The van der Waals surface area contributed by atoms with Crippen molar-refractivity contribution < 1.29 is 30.2 Å². The Bertz CT molecular complexity index is 512. The molecule has 0 aliphatic heterocycles. The summed E-state index contributed by atoms with van der Waals surface area (Å²) in [7, 11) is -4.60. The van der Waals surface area contributed by atoms with E-state index < -0.39 is 38.6 Å². The lowest BCUT2D eigenvalue weighted by Gasteiger charge is -2.08. The molecule has 9 heteroatoms. The Morgan fingerprint density at radius 1 is 1.29 bits per heavy atom. The van der Waals surface area contributed by atoms with E-state index >= 15 is 0 Å². The van der Waals surface area contributed by atoms with Crippen LogP contribution in [0.15, 0.2) is 23.1 Å². The van der Waals surface area contributed by atoms with Crippen LogP contribution in [0.5, 0.6) is 0 Å². The van der Waals surface area contributed by atoms with E-state index in [1.807, 2.05) is 0 Å². The minimum Gasteiger partial charge on any atom is -0.257 e. The van der Waals surface area contributed by atoms with Crippen LogP contribution in [0.2, 0.25) is 5.02 Å². The number of hydrogen-bond donors (Lipinski definition) is 0. The van der Waals surface area contributed by atoms with E-state index in [-0.39, 0.29) is 0 Å². The first kappa shape index (κ1) is 14.2. The third kappa shape index (κ3) is 4.14. The highest BCUT2D eigenvalue weighted by Gasteiger charge is 2.31. The maximum absolute atomic E-state index is 12.7. The van der Waals surface area contributed by atoms with Gasteiger partial charge in [-0.25, -0.2) is 4.39 Å². The Morgan fingerprint density at radius 3 is 2.35 bits per heavy atom. The van der Waals surface area contributed by atoms with Gasteiger partial charge in [-0.3, -0.25) is 4.18 Å². The molecular weight excluding hydrogens is 288 g/mol. The molecule has 1 aromatic rings. The molecule has 0 radical (unpaired) electrons. The number of hydrogen-bond acceptors (Lipinski definition) is 3. The molecule has 0 aliphatic carbocycles. The van der Waals surface area contributed by atoms with Gasteiger partial charge in [0.05, 0.1) is 9.92 Å². The molecule has 96 valence electrons. The minimum atomic E-state index is -4.78. The molecule has 0 aromatic heterocycles. The summed E-state index contributed by atoms with van der Waals surface area (Å²) in [5.41, 5.74) is 0. The fraction of sp³-hybridized carbons (Fsp3) is 0.250. The summed E-state index contributed by atoms with van der Waals surface area (Å²) >= 11 is 5.29. The second kappa shape index (κ2) is 4.79. The van der Waals surface area contributed by atoms with Crippen LogP contribution >= 0.6 is 11.6 Å². The van der Waals surface area contributed by atoms with Gasteiger partial charge in [0, 0.05) is 0 Å². The molecule has 3 nitrogen and oxygen atoms in total.